The summed E-state index contributed by atoms with van der Waals surface area (Å²) < 4.78 is 5.23. The fraction of sp³-hybridized carbons (Fsp3) is 0.458. The van der Waals surface area contributed by atoms with Gasteiger partial charge < -0.3 is 9.64 Å². The van der Waals surface area contributed by atoms with Crippen LogP contribution in [-0.2, 0) is 17.9 Å². The minimum atomic E-state index is 0.275. The first-order valence-corrected chi connectivity index (χ1v) is 10.6. The summed E-state index contributed by atoms with van der Waals surface area (Å²) >= 11 is 0. The highest BCUT2D eigenvalue weighted by molar-refractivity contribution is 5.78. The van der Waals surface area contributed by atoms with Crippen LogP contribution in [0.1, 0.15) is 24.0 Å². The monoisotopic (exact) mass is 393 g/mol. The molecule has 1 aliphatic heterocycles. The number of methoxy groups -OCH3 is 1. The smallest absolute Gasteiger partial charge is 0.236 e. The molecule has 0 unspecified atom stereocenters. The quantitative estimate of drug-likeness (QED) is 0.691. The van der Waals surface area contributed by atoms with Crippen molar-refractivity contribution in [1.29, 1.82) is 0 Å². The molecule has 1 amide bonds. The van der Waals surface area contributed by atoms with Gasteiger partial charge in [0.15, 0.2) is 0 Å². The number of ether oxygens (including phenoxy) is 1. The molecule has 0 bridgehead atoms. The van der Waals surface area contributed by atoms with Crippen LogP contribution >= 0.6 is 0 Å². The van der Waals surface area contributed by atoms with Gasteiger partial charge in [-0.2, -0.15) is 0 Å². The molecule has 1 aliphatic carbocycles. The second-order valence-corrected chi connectivity index (χ2v) is 8.13. The lowest BCUT2D eigenvalue weighted by atomic mass is 10.2. The summed E-state index contributed by atoms with van der Waals surface area (Å²) in [5, 5.41) is 0. The predicted molar refractivity (Wildman–Crippen MR) is 115 cm³/mol. The maximum atomic E-state index is 12.9. The van der Waals surface area contributed by atoms with Crippen LogP contribution in [0.15, 0.2) is 54.6 Å². The number of piperazine rings is 1. The number of hydrogen-bond donors (Lipinski definition) is 0. The third-order valence-corrected chi connectivity index (χ3v) is 5.92. The van der Waals surface area contributed by atoms with E-state index < -0.39 is 0 Å². The zero-order chi connectivity index (χ0) is 20.1. The molecular formula is C24H31N3O2. The number of nitrogens with zero attached hydrogens (tertiary/aromatic N) is 3. The van der Waals surface area contributed by atoms with Gasteiger partial charge in [0.1, 0.15) is 5.75 Å². The van der Waals surface area contributed by atoms with Crippen LogP contribution in [-0.4, -0.2) is 66.5 Å². The Morgan fingerprint density at radius 2 is 1.66 bits per heavy atom. The van der Waals surface area contributed by atoms with E-state index in [0.717, 1.165) is 45.0 Å². The average Bonchev–Trinajstić information content (AvgIpc) is 3.60. The summed E-state index contributed by atoms with van der Waals surface area (Å²) in [6.07, 6.45) is 2.44. The molecule has 0 aromatic heterocycles. The number of carbonyl (C=O) groups excluding carboxylic acids is 1. The first-order chi connectivity index (χ1) is 14.2. The highest BCUT2D eigenvalue weighted by atomic mass is 16.5. The van der Waals surface area contributed by atoms with Crippen LogP contribution in [0, 0.1) is 0 Å². The summed E-state index contributed by atoms with van der Waals surface area (Å²) in [5.74, 6) is 1.16. The SMILES string of the molecule is COc1ccc(CN2CCN(C(=O)CN(Cc3ccccc3)C3CC3)CC2)cc1. The minimum Gasteiger partial charge on any atom is -0.497 e. The lowest BCUT2D eigenvalue weighted by Crippen LogP contribution is -2.51. The molecule has 4 rings (SSSR count). The van der Waals surface area contributed by atoms with E-state index in [1.54, 1.807) is 7.11 Å². The van der Waals surface area contributed by atoms with Gasteiger partial charge >= 0.3 is 0 Å². The van der Waals surface area contributed by atoms with Crippen molar-refractivity contribution in [3.05, 3.63) is 65.7 Å². The van der Waals surface area contributed by atoms with Crippen molar-refractivity contribution in [3.63, 3.8) is 0 Å². The Morgan fingerprint density at radius 1 is 0.966 bits per heavy atom. The molecular weight excluding hydrogens is 362 g/mol. The van der Waals surface area contributed by atoms with E-state index in [4.69, 9.17) is 4.74 Å². The molecule has 29 heavy (non-hydrogen) atoms. The van der Waals surface area contributed by atoms with Crippen molar-refractivity contribution in [2.45, 2.75) is 32.0 Å². The van der Waals surface area contributed by atoms with Crippen LogP contribution in [0.3, 0.4) is 0 Å². The Hall–Kier alpha value is -2.37. The van der Waals surface area contributed by atoms with Crippen LogP contribution in [0.5, 0.6) is 5.75 Å². The molecule has 5 heteroatoms. The summed E-state index contributed by atoms with van der Waals surface area (Å²) in [6.45, 7) is 5.83. The van der Waals surface area contributed by atoms with E-state index in [1.165, 1.54) is 24.0 Å². The Bertz CT molecular complexity index is 782. The Kier molecular flexibility index (Phi) is 6.47. The van der Waals surface area contributed by atoms with E-state index in [-0.39, 0.29) is 5.91 Å². The first kappa shape index (κ1) is 19.9. The number of hydrogen-bond acceptors (Lipinski definition) is 4. The van der Waals surface area contributed by atoms with Crippen LogP contribution in [0.2, 0.25) is 0 Å². The van der Waals surface area contributed by atoms with Gasteiger partial charge in [0, 0.05) is 45.3 Å². The zero-order valence-electron chi connectivity index (χ0n) is 17.3. The van der Waals surface area contributed by atoms with Gasteiger partial charge in [-0.15, -0.1) is 0 Å². The topological polar surface area (TPSA) is 36.0 Å². The molecule has 1 saturated heterocycles. The second-order valence-electron chi connectivity index (χ2n) is 8.13. The molecule has 154 valence electrons. The standard InChI is InChI=1S/C24H31N3O2/c1-29-23-11-7-21(8-12-23)17-25-13-15-26(16-14-25)24(28)19-27(22-9-10-22)18-20-5-3-2-4-6-20/h2-8,11-12,22H,9-10,13-19H2,1H3. The normalized spacial score (nSPS) is 17.5. The molecule has 0 spiro atoms. The molecule has 5 nitrogen and oxygen atoms in total. The van der Waals surface area contributed by atoms with Gasteiger partial charge in [-0.05, 0) is 36.1 Å². The summed E-state index contributed by atoms with van der Waals surface area (Å²) in [7, 11) is 1.69. The third-order valence-electron chi connectivity index (χ3n) is 5.92. The second kappa shape index (κ2) is 9.42. The van der Waals surface area contributed by atoms with Gasteiger partial charge in [-0.1, -0.05) is 42.5 Å². The van der Waals surface area contributed by atoms with Crippen molar-refractivity contribution >= 4 is 5.91 Å². The molecule has 0 atom stereocenters. The van der Waals surface area contributed by atoms with E-state index >= 15 is 0 Å². The maximum Gasteiger partial charge on any atom is 0.236 e. The van der Waals surface area contributed by atoms with Gasteiger partial charge in [0.05, 0.1) is 13.7 Å². The van der Waals surface area contributed by atoms with Crippen LogP contribution in [0.4, 0.5) is 0 Å². The zero-order valence-corrected chi connectivity index (χ0v) is 17.3. The van der Waals surface area contributed by atoms with E-state index in [9.17, 15) is 4.79 Å². The lowest BCUT2D eigenvalue weighted by Gasteiger charge is -2.36. The van der Waals surface area contributed by atoms with Crippen molar-refractivity contribution in [2.75, 3.05) is 39.8 Å². The summed E-state index contributed by atoms with van der Waals surface area (Å²) in [4.78, 5) is 19.8. The van der Waals surface area contributed by atoms with E-state index in [0.29, 0.717) is 12.6 Å². The first-order valence-electron chi connectivity index (χ1n) is 10.6. The van der Waals surface area contributed by atoms with Crippen LogP contribution < -0.4 is 4.74 Å². The maximum absolute atomic E-state index is 12.9. The van der Waals surface area contributed by atoms with Crippen molar-refractivity contribution in [1.82, 2.24) is 14.7 Å². The Balaban J connectivity index is 1.25. The van der Waals surface area contributed by atoms with Gasteiger partial charge in [-0.3, -0.25) is 14.6 Å². The van der Waals surface area contributed by atoms with Crippen molar-refractivity contribution in [2.24, 2.45) is 0 Å². The molecule has 2 aliphatic rings. The highest BCUT2D eigenvalue weighted by Crippen LogP contribution is 2.28. The van der Waals surface area contributed by atoms with Crippen LogP contribution in [0.25, 0.3) is 0 Å². The molecule has 2 fully saturated rings. The number of carbonyl (C=O) groups is 1. The average molecular weight is 394 g/mol. The Labute approximate surface area is 173 Å². The molecule has 2 aromatic rings. The molecule has 1 heterocycles. The fourth-order valence-electron chi connectivity index (χ4n) is 3.99. The predicted octanol–water partition coefficient (Wildman–Crippen LogP) is 3.00. The molecule has 2 aromatic carbocycles. The number of amides is 1. The third kappa shape index (κ3) is 5.58. The number of rotatable bonds is 8. The van der Waals surface area contributed by atoms with E-state index in [1.807, 2.05) is 23.1 Å². The lowest BCUT2D eigenvalue weighted by molar-refractivity contribution is -0.134. The summed E-state index contributed by atoms with van der Waals surface area (Å²) in [6, 6.07) is 19.3. The minimum absolute atomic E-state index is 0.275. The van der Waals surface area contributed by atoms with E-state index in [2.05, 4.69) is 46.2 Å². The largest absolute Gasteiger partial charge is 0.497 e. The number of benzene rings is 2. The molecule has 1 saturated carbocycles. The summed E-state index contributed by atoms with van der Waals surface area (Å²) in [5.41, 5.74) is 2.57. The van der Waals surface area contributed by atoms with Crippen molar-refractivity contribution < 1.29 is 9.53 Å². The van der Waals surface area contributed by atoms with Gasteiger partial charge in [0.2, 0.25) is 5.91 Å². The fourth-order valence-corrected chi connectivity index (χ4v) is 3.99. The highest BCUT2D eigenvalue weighted by Gasteiger charge is 2.32. The van der Waals surface area contributed by atoms with Gasteiger partial charge in [0.25, 0.3) is 0 Å². The molecule has 0 radical (unpaired) electrons. The molecule has 0 N–H and O–H groups in total. The Morgan fingerprint density at radius 3 is 2.28 bits per heavy atom. The van der Waals surface area contributed by atoms with Crippen molar-refractivity contribution in [3.8, 4) is 5.75 Å². The van der Waals surface area contributed by atoms with Gasteiger partial charge in [-0.25, -0.2) is 0 Å².